The molecule has 0 atom stereocenters. The number of rotatable bonds is 5. The standard InChI is InChI=1S/C16H18F3N3/c1-2-11-3-7-14(8-4-11)22-15(16(17,18)19)12(10-21-22)9-20-13-5-6-13/h3-4,7-8,10,13,20H,2,5-6,9H2,1H3. The Morgan fingerprint density at radius 1 is 1.23 bits per heavy atom. The van der Waals surface area contributed by atoms with E-state index in [0.29, 0.717) is 11.7 Å². The number of aryl methyl sites for hydroxylation is 1. The smallest absolute Gasteiger partial charge is 0.310 e. The van der Waals surface area contributed by atoms with Gasteiger partial charge in [-0.1, -0.05) is 19.1 Å². The molecular formula is C16H18F3N3. The predicted molar refractivity (Wildman–Crippen MR) is 77.8 cm³/mol. The van der Waals surface area contributed by atoms with E-state index in [4.69, 9.17) is 0 Å². The molecule has 0 spiro atoms. The molecule has 1 aromatic heterocycles. The first kappa shape index (κ1) is 15.1. The minimum absolute atomic E-state index is 0.193. The summed E-state index contributed by atoms with van der Waals surface area (Å²) in [5.41, 5.74) is 1.02. The molecule has 1 aliphatic rings. The van der Waals surface area contributed by atoms with Crippen LogP contribution in [0.1, 0.15) is 36.6 Å². The van der Waals surface area contributed by atoms with Crippen LogP contribution < -0.4 is 5.32 Å². The van der Waals surface area contributed by atoms with Crippen molar-refractivity contribution in [1.82, 2.24) is 15.1 Å². The monoisotopic (exact) mass is 309 g/mol. The molecule has 6 heteroatoms. The normalized spacial score (nSPS) is 15.3. The molecule has 22 heavy (non-hydrogen) atoms. The van der Waals surface area contributed by atoms with Crippen LogP contribution in [0.5, 0.6) is 0 Å². The lowest BCUT2D eigenvalue weighted by Gasteiger charge is -2.13. The Morgan fingerprint density at radius 2 is 1.91 bits per heavy atom. The van der Waals surface area contributed by atoms with E-state index in [1.807, 2.05) is 19.1 Å². The lowest BCUT2D eigenvalue weighted by molar-refractivity contribution is -0.143. The second-order valence-electron chi connectivity index (χ2n) is 5.60. The molecule has 2 aromatic rings. The van der Waals surface area contributed by atoms with Gasteiger partial charge in [-0.3, -0.25) is 0 Å². The van der Waals surface area contributed by atoms with Crippen molar-refractivity contribution in [2.24, 2.45) is 0 Å². The van der Waals surface area contributed by atoms with Crippen LogP contribution in [0.15, 0.2) is 30.5 Å². The van der Waals surface area contributed by atoms with Crippen LogP contribution in [0.4, 0.5) is 13.2 Å². The molecule has 118 valence electrons. The van der Waals surface area contributed by atoms with Gasteiger partial charge in [0, 0.05) is 18.2 Å². The Kier molecular flexibility index (Phi) is 3.95. The third kappa shape index (κ3) is 3.16. The van der Waals surface area contributed by atoms with Gasteiger partial charge >= 0.3 is 6.18 Å². The van der Waals surface area contributed by atoms with Crippen LogP contribution in [0.25, 0.3) is 5.69 Å². The molecule has 0 saturated heterocycles. The molecule has 3 nitrogen and oxygen atoms in total. The van der Waals surface area contributed by atoms with Crippen LogP contribution in [0.3, 0.4) is 0 Å². The highest BCUT2D eigenvalue weighted by atomic mass is 19.4. The van der Waals surface area contributed by atoms with E-state index < -0.39 is 11.9 Å². The summed E-state index contributed by atoms with van der Waals surface area (Å²) in [4.78, 5) is 0. The molecular weight excluding hydrogens is 291 g/mol. The van der Waals surface area contributed by atoms with Gasteiger partial charge in [-0.25, -0.2) is 4.68 Å². The summed E-state index contributed by atoms with van der Waals surface area (Å²) in [5, 5.41) is 7.08. The van der Waals surface area contributed by atoms with E-state index in [9.17, 15) is 13.2 Å². The largest absolute Gasteiger partial charge is 0.433 e. The maximum absolute atomic E-state index is 13.4. The van der Waals surface area contributed by atoms with Crippen molar-refractivity contribution in [2.75, 3.05) is 0 Å². The Morgan fingerprint density at radius 3 is 2.45 bits per heavy atom. The number of halogens is 3. The van der Waals surface area contributed by atoms with Crippen molar-refractivity contribution in [1.29, 1.82) is 0 Å². The van der Waals surface area contributed by atoms with E-state index in [-0.39, 0.29) is 12.1 Å². The summed E-state index contributed by atoms with van der Waals surface area (Å²) < 4.78 is 41.3. The third-order valence-electron chi connectivity index (χ3n) is 3.86. The van der Waals surface area contributed by atoms with Crippen LogP contribution in [0, 0.1) is 0 Å². The number of hydrogen-bond acceptors (Lipinski definition) is 2. The van der Waals surface area contributed by atoms with Gasteiger partial charge in [0.1, 0.15) is 0 Å². The van der Waals surface area contributed by atoms with Gasteiger partial charge in [-0.05, 0) is 37.0 Å². The first-order chi connectivity index (χ1) is 10.5. The SMILES string of the molecule is CCc1ccc(-n2ncc(CNC3CC3)c2C(F)(F)F)cc1. The average Bonchev–Trinajstić information content (AvgIpc) is 3.21. The lowest BCUT2D eigenvalue weighted by atomic mass is 10.1. The van der Waals surface area contributed by atoms with Crippen LogP contribution >= 0.6 is 0 Å². The highest BCUT2D eigenvalue weighted by molar-refractivity contribution is 5.38. The zero-order valence-corrected chi connectivity index (χ0v) is 12.3. The van der Waals surface area contributed by atoms with Crippen molar-refractivity contribution in [3.8, 4) is 5.69 Å². The Balaban J connectivity index is 1.94. The second-order valence-corrected chi connectivity index (χ2v) is 5.60. The Bertz CT molecular complexity index is 640. The molecule has 1 saturated carbocycles. The summed E-state index contributed by atoms with van der Waals surface area (Å²) in [7, 11) is 0. The average molecular weight is 309 g/mol. The van der Waals surface area contributed by atoms with Gasteiger partial charge in [0.15, 0.2) is 5.69 Å². The molecule has 1 aliphatic carbocycles. The van der Waals surface area contributed by atoms with Crippen LogP contribution in [-0.4, -0.2) is 15.8 Å². The first-order valence-electron chi connectivity index (χ1n) is 7.46. The number of benzene rings is 1. The summed E-state index contributed by atoms with van der Waals surface area (Å²) in [6, 6.07) is 7.38. The highest BCUT2D eigenvalue weighted by Crippen LogP contribution is 2.34. The van der Waals surface area contributed by atoms with E-state index >= 15 is 0 Å². The lowest BCUT2D eigenvalue weighted by Crippen LogP contribution is -2.20. The summed E-state index contributed by atoms with van der Waals surface area (Å²) in [6.45, 7) is 2.21. The van der Waals surface area contributed by atoms with E-state index in [2.05, 4.69) is 10.4 Å². The highest BCUT2D eigenvalue weighted by Gasteiger charge is 2.38. The maximum atomic E-state index is 13.4. The van der Waals surface area contributed by atoms with Crippen molar-refractivity contribution in [3.05, 3.63) is 47.3 Å². The molecule has 0 unspecified atom stereocenters. The molecule has 0 amide bonds. The first-order valence-corrected chi connectivity index (χ1v) is 7.46. The minimum Gasteiger partial charge on any atom is -0.310 e. The third-order valence-corrected chi connectivity index (χ3v) is 3.86. The maximum Gasteiger partial charge on any atom is 0.433 e. The molecule has 0 bridgehead atoms. The van der Waals surface area contributed by atoms with Crippen molar-refractivity contribution in [3.63, 3.8) is 0 Å². The van der Waals surface area contributed by atoms with Crippen molar-refractivity contribution in [2.45, 2.75) is 44.9 Å². The zero-order valence-electron chi connectivity index (χ0n) is 12.3. The molecule has 1 aromatic carbocycles. The summed E-state index contributed by atoms with van der Waals surface area (Å²) in [6.07, 6.45) is -0.198. The zero-order chi connectivity index (χ0) is 15.7. The van der Waals surface area contributed by atoms with Crippen molar-refractivity contribution < 1.29 is 13.2 Å². The van der Waals surface area contributed by atoms with Gasteiger partial charge in [-0.15, -0.1) is 0 Å². The second kappa shape index (κ2) is 5.76. The van der Waals surface area contributed by atoms with Gasteiger partial charge < -0.3 is 5.32 Å². The van der Waals surface area contributed by atoms with Crippen LogP contribution in [-0.2, 0) is 19.1 Å². The molecule has 1 heterocycles. The summed E-state index contributed by atoms with van der Waals surface area (Å²) in [5.74, 6) is 0. The van der Waals surface area contributed by atoms with Crippen molar-refractivity contribution >= 4 is 0 Å². The fourth-order valence-electron chi connectivity index (χ4n) is 2.42. The topological polar surface area (TPSA) is 29.9 Å². The fourth-order valence-corrected chi connectivity index (χ4v) is 2.42. The molecule has 3 rings (SSSR count). The Hall–Kier alpha value is -1.82. The van der Waals surface area contributed by atoms with Gasteiger partial charge in [0.25, 0.3) is 0 Å². The number of nitrogens with one attached hydrogen (secondary N) is 1. The molecule has 0 aliphatic heterocycles. The van der Waals surface area contributed by atoms with Gasteiger partial charge in [0.2, 0.25) is 0 Å². The predicted octanol–water partition coefficient (Wildman–Crippen LogP) is 3.71. The molecule has 1 N–H and O–H groups in total. The van der Waals surface area contributed by atoms with E-state index in [1.165, 1.54) is 6.20 Å². The van der Waals surface area contributed by atoms with E-state index in [1.54, 1.807) is 12.1 Å². The number of alkyl halides is 3. The number of nitrogens with zero attached hydrogens (tertiary/aromatic N) is 2. The van der Waals surface area contributed by atoms with Crippen LogP contribution in [0.2, 0.25) is 0 Å². The number of hydrogen-bond donors (Lipinski definition) is 1. The van der Waals surface area contributed by atoms with Gasteiger partial charge in [-0.2, -0.15) is 18.3 Å². The fraction of sp³-hybridized carbons (Fsp3) is 0.438. The Labute approximate surface area is 127 Å². The molecule has 0 radical (unpaired) electrons. The van der Waals surface area contributed by atoms with E-state index in [0.717, 1.165) is 29.5 Å². The minimum atomic E-state index is -4.43. The van der Waals surface area contributed by atoms with Gasteiger partial charge in [0.05, 0.1) is 11.9 Å². The summed E-state index contributed by atoms with van der Waals surface area (Å²) >= 11 is 0. The molecule has 1 fully saturated rings. The number of aromatic nitrogens is 2. The quantitative estimate of drug-likeness (QED) is 0.912.